The van der Waals surface area contributed by atoms with Crippen LogP contribution in [0.3, 0.4) is 0 Å². The number of benzene rings is 1. The molecule has 1 N–H and O–H groups in total. The van der Waals surface area contributed by atoms with Crippen molar-refractivity contribution in [2.75, 3.05) is 6.54 Å². The molecule has 0 fully saturated rings. The van der Waals surface area contributed by atoms with Crippen LogP contribution in [-0.2, 0) is 6.42 Å². The second-order valence-electron chi connectivity index (χ2n) is 5.51. The smallest absolute Gasteiger partial charge is 0.275 e. The monoisotopic (exact) mass is 282 g/mol. The fourth-order valence-corrected chi connectivity index (χ4v) is 2.30. The molecule has 1 aromatic rings. The maximum atomic E-state index is 13.1. The molecule has 5 heteroatoms. The van der Waals surface area contributed by atoms with Gasteiger partial charge in [-0.05, 0) is 43.9 Å². The van der Waals surface area contributed by atoms with Crippen LogP contribution >= 0.6 is 0 Å². The quantitative estimate of drug-likeness (QED) is 0.584. The molecule has 0 radical (unpaired) electrons. The molecule has 0 aromatic heterocycles. The highest BCUT2D eigenvalue weighted by molar-refractivity contribution is 5.41. The predicted molar refractivity (Wildman–Crippen MR) is 78.3 cm³/mol. The average molecular weight is 282 g/mol. The topological polar surface area (TPSA) is 55.2 Å². The minimum absolute atomic E-state index is 0.128. The maximum Gasteiger partial charge on any atom is 0.275 e. The first kappa shape index (κ1) is 16.6. The van der Waals surface area contributed by atoms with Crippen LogP contribution in [0.1, 0.15) is 39.2 Å². The molecule has 0 aliphatic rings. The SMILES string of the molecule is CCCNC(Cc1ccc(F)cc1[N+](=O)[O-])CC(C)C. The number of hydrogen-bond donors (Lipinski definition) is 1. The van der Waals surface area contributed by atoms with Gasteiger partial charge in [-0.3, -0.25) is 10.1 Å². The second-order valence-corrected chi connectivity index (χ2v) is 5.51. The van der Waals surface area contributed by atoms with Gasteiger partial charge in [0.05, 0.1) is 11.0 Å². The minimum atomic E-state index is -0.567. The molecule has 1 atom stereocenters. The fourth-order valence-electron chi connectivity index (χ4n) is 2.30. The highest BCUT2D eigenvalue weighted by Crippen LogP contribution is 2.22. The molecule has 1 aromatic carbocycles. The summed E-state index contributed by atoms with van der Waals surface area (Å²) < 4.78 is 13.1. The van der Waals surface area contributed by atoms with Crippen LogP contribution in [0.2, 0.25) is 0 Å². The Morgan fingerprint density at radius 2 is 2.10 bits per heavy atom. The van der Waals surface area contributed by atoms with Crippen molar-refractivity contribution in [3.63, 3.8) is 0 Å². The third kappa shape index (κ3) is 5.25. The van der Waals surface area contributed by atoms with Crippen LogP contribution in [0.25, 0.3) is 0 Å². The molecule has 0 amide bonds. The van der Waals surface area contributed by atoms with Crippen molar-refractivity contribution < 1.29 is 9.31 Å². The van der Waals surface area contributed by atoms with Crippen molar-refractivity contribution in [2.45, 2.75) is 46.1 Å². The van der Waals surface area contributed by atoms with Gasteiger partial charge in [0, 0.05) is 11.6 Å². The summed E-state index contributed by atoms with van der Waals surface area (Å²) in [5.41, 5.74) is 0.461. The summed E-state index contributed by atoms with van der Waals surface area (Å²) >= 11 is 0. The van der Waals surface area contributed by atoms with E-state index in [-0.39, 0.29) is 11.7 Å². The van der Waals surface area contributed by atoms with Crippen LogP contribution in [0.4, 0.5) is 10.1 Å². The summed E-state index contributed by atoms with van der Waals surface area (Å²) in [4.78, 5) is 10.5. The van der Waals surface area contributed by atoms with E-state index in [1.165, 1.54) is 12.1 Å². The summed E-state index contributed by atoms with van der Waals surface area (Å²) in [7, 11) is 0. The molecule has 0 aliphatic carbocycles. The molecular weight excluding hydrogens is 259 g/mol. The Labute approximate surface area is 119 Å². The van der Waals surface area contributed by atoms with E-state index < -0.39 is 10.7 Å². The first-order valence-electron chi connectivity index (χ1n) is 7.10. The highest BCUT2D eigenvalue weighted by atomic mass is 19.1. The number of nitrogens with one attached hydrogen (secondary N) is 1. The summed E-state index contributed by atoms with van der Waals surface area (Å²) in [5, 5.41) is 14.4. The normalized spacial score (nSPS) is 12.7. The zero-order chi connectivity index (χ0) is 15.1. The molecule has 0 saturated heterocycles. The molecule has 1 unspecified atom stereocenters. The molecule has 0 heterocycles. The molecule has 112 valence electrons. The van der Waals surface area contributed by atoms with E-state index in [2.05, 4.69) is 26.1 Å². The molecule has 1 rings (SSSR count). The third-order valence-electron chi connectivity index (χ3n) is 3.15. The van der Waals surface area contributed by atoms with Crippen molar-refractivity contribution >= 4 is 5.69 Å². The Hall–Kier alpha value is -1.49. The highest BCUT2D eigenvalue weighted by Gasteiger charge is 2.19. The lowest BCUT2D eigenvalue weighted by Crippen LogP contribution is -2.33. The van der Waals surface area contributed by atoms with Gasteiger partial charge in [-0.1, -0.05) is 20.8 Å². The Morgan fingerprint density at radius 3 is 2.65 bits per heavy atom. The van der Waals surface area contributed by atoms with Gasteiger partial charge in [-0.2, -0.15) is 0 Å². The maximum absolute atomic E-state index is 13.1. The number of rotatable bonds is 8. The number of nitro benzene ring substituents is 1. The van der Waals surface area contributed by atoms with E-state index >= 15 is 0 Å². The van der Waals surface area contributed by atoms with Gasteiger partial charge >= 0.3 is 0 Å². The lowest BCUT2D eigenvalue weighted by molar-refractivity contribution is -0.385. The van der Waals surface area contributed by atoms with Crippen molar-refractivity contribution in [1.82, 2.24) is 5.32 Å². The van der Waals surface area contributed by atoms with Crippen LogP contribution in [0.5, 0.6) is 0 Å². The van der Waals surface area contributed by atoms with E-state index in [0.29, 0.717) is 17.9 Å². The first-order valence-corrected chi connectivity index (χ1v) is 7.10. The van der Waals surface area contributed by atoms with E-state index in [0.717, 1.165) is 25.5 Å². The third-order valence-corrected chi connectivity index (χ3v) is 3.15. The van der Waals surface area contributed by atoms with Gasteiger partial charge in [0.15, 0.2) is 0 Å². The second kappa shape index (κ2) is 7.94. The standard InChI is InChI=1S/C15H23FN2O2/c1-4-7-17-14(8-11(2)3)9-12-5-6-13(16)10-15(12)18(19)20/h5-6,10-11,14,17H,4,7-9H2,1-3H3. The van der Waals surface area contributed by atoms with Crippen LogP contribution < -0.4 is 5.32 Å². The number of hydrogen-bond acceptors (Lipinski definition) is 3. The lowest BCUT2D eigenvalue weighted by Gasteiger charge is -2.20. The van der Waals surface area contributed by atoms with Gasteiger partial charge in [-0.15, -0.1) is 0 Å². The Morgan fingerprint density at radius 1 is 1.40 bits per heavy atom. The zero-order valence-corrected chi connectivity index (χ0v) is 12.4. The lowest BCUT2D eigenvalue weighted by atomic mass is 9.96. The van der Waals surface area contributed by atoms with Gasteiger partial charge in [0.25, 0.3) is 5.69 Å². The van der Waals surface area contributed by atoms with E-state index in [1.807, 2.05) is 0 Å². The number of nitrogens with zero attached hydrogens (tertiary/aromatic N) is 1. The molecule has 0 aliphatic heterocycles. The van der Waals surface area contributed by atoms with Gasteiger partial charge in [-0.25, -0.2) is 4.39 Å². The van der Waals surface area contributed by atoms with E-state index in [1.54, 1.807) is 0 Å². The van der Waals surface area contributed by atoms with Crippen molar-refractivity contribution in [3.05, 3.63) is 39.7 Å². The zero-order valence-electron chi connectivity index (χ0n) is 12.4. The Kier molecular flexibility index (Phi) is 6.58. The van der Waals surface area contributed by atoms with Crippen LogP contribution in [0, 0.1) is 21.8 Å². The van der Waals surface area contributed by atoms with Crippen molar-refractivity contribution in [3.8, 4) is 0 Å². The Balaban J connectivity index is 2.88. The van der Waals surface area contributed by atoms with Gasteiger partial charge in [0.2, 0.25) is 0 Å². The van der Waals surface area contributed by atoms with Crippen molar-refractivity contribution in [1.29, 1.82) is 0 Å². The summed E-state index contributed by atoms with van der Waals surface area (Å²) in [6.45, 7) is 7.21. The number of nitro groups is 1. The minimum Gasteiger partial charge on any atom is -0.314 e. The van der Waals surface area contributed by atoms with Crippen LogP contribution in [-0.4, -0.2) is 17.5 Å². The van der Waals surface area contributed by atoms with Crippen LogP contribution in [0.15, 0.2) is 18.2 Å². The first-order chi connectivity index (χ1) is 9.43. The molecule has 0 spiro atoms. The van der Waals surface area contributed by atoms with Gasteiger partial charge in [0.1, 0.15) is 5.82 Å². The van der Waals surface area contributed by atoms with E-state index in [4.69, 9.17) is 0 Å². The molecule has 20 heavy (non-hydrogen) atoms. The predicted octanol–water partition coefficient (Wildman–Crippen LogP) is 3.69. The van der Waals surface area contributed by atoms with Gasteiger partial charge < -0.3 is 5.32 Å². The van der Waals surface area contributed by atoms with Crippen molar-refractivity contribution in [2.24, 2.45) is 5.92 Å². The summed E-state index contributed by atoms with van der Waals surface area (Å²) in [5.74, 6) is -0.0637. The largest absolute Gasteiger partial charge is 0.314 e. The fraction of sp³-hybridized carbons (Fsp3) is 0.600. The molecular formula is C15H23FN2O2. The summed E-state index contributed by atoms with van der Waals surface area (Å²) in [6.07, 6.45) is 2.50. The molecule has 0 saturated carbocycles. The van der Waals surface area contributed by atoms with E-state index in [9.17, 15) is 14.5 Å². The number of halogens is 1. The average Bonchev–Trinajstić information content (AvgIpc) is 2.37. The Bertz CT molecular complexity index is 449. The molecule has 0 bridgehead atoms. The molecule has 4 nitrogen and oxygen atoms in total. The summed E-state index contributed by atoms with van der Waals surface area (Å²) in [6, 6.07) is 3.99.